The maximum atomic E-state index is 15.3. The van der Waals surface area contributed by atoms with Gasteiger partial charge in [0.25, 0.3) is 0 Å². The van der Waals surface area contributed by atoms with Crippen LogP contribution in [0.4, 0.5) is 14.5 Å². The lowest BCUT2D eigenvalue weighted by molar-refractivity contribution is 0.0694. The monoisotopic (exact) mass is 437 g/mol. The van der Waals surface area contributed by atoms with Crippen molar-refractivity contribution in [1.29, 1.82) is 0 Å². The number of carboxylic acids is 1. The molecular formula is C21H22ClF2N3O3. The van der Waals surface area contributed by atoms with Crippen LogP contribution in [-0.4, -0.2) is 45.3 Å². The first-order valence-electron chi connectivity index (χ1n) is 10.0. The van der Waals surface area contributed by atoms with E-state index < -0.39 is 45.4 Å². The predicted octanol–water partition coefficient (Wildman–Crippen LogP) is 3.11. The molecule has 2 aliphatic carbocycles. The average Bonchev–Trinajstić information content (AvgIpc) is 3.22. The molecule has 1 saturated heterocycles. The van der Waals surface area contributed by atoms with Gasteiger partial charge in [-0.2, -0.15) is 0 Å². The number of benzene rings is 1. The van der Waals surface area contributed by atoms with E-state index in [1.54, 1.807) is 6.92 Å². The topological polar surface area (TPSA) is 88.6 Å². The van der Waals surface area contributed by atoms with Gasteiger partial charge in [0.05, 0.1) is 27.7 Å². The molecule has 2 aromatic rings. The Morgan fingerprint density at radius 3 is 2.67 bits per heavy atom. The van der Waals surface area contributed by atoms with Crippen molar-refractivity contribution in [2.75, 3.05) is 18.0 Å². The number of nitrogens with two attached hydrogens (primary N) is 1. The van der Waals surface area contributed by atoms with Crippen molar-refractivity contribution in [2.24, 2.45) is 5.73 Å². The summed E-state index contributed by atoms with van der Waals surface area (Å²) in [5, 5.41) is 9.33. The Morgan fingerprint density at radius 2 is 2.07 bits per heavy atom. The number of pyridine rings is 1. The summed E-state index contributed by atoms with van der Waals surface area (Å²) in [4.78, 5) is 25.4. The highest BCUT2D eigenvalue weighted by molar-refractivity contribution is 6.26. The van der Waals surface area contributed by atoms with Crippen molar-refractivity contribution < 1.29 is 18.7 Å². The minimum absolute atomic E-state index is 0.0600. The molecule has 1 unspecified atom stereocenters. The number of alkyl halides is 2. The molecule has 3 N–H and O–H groups in total. The fraction of sp³-hybridized carbons (Fsp3) is 0.524. The average molecular weight is 438 g/mol. The van der Waals surface area contributed by atoms with E-state index in [-0.39, 0.29) is 17.5 Å². The summed E-state index contributed by atoms with van der Waals surface area (Å²) in [5.74, 6) is -2.06. The van der Waals surface area contributed by atoms with E-state index in [2.05, 4.69) is 0 Å². The molecule has 3 aliphatic rings. The first-order chi connectivity index (χ1) is 14.1. The second-order valence-corrected chi connectivity index (χ2v) is 9.69. The molecule has 4 atom stereocenters. The molecular weight excluding hydrogens is 416 g/mol. The van der Waals surface area contributed by atoms with Gasteiger partial charge in [-0.15, -0.1) is 11.6 Å². The summed E-state index contributed by atoms with van der Waals surface area (Å²) in [6.45, 7) is 2.43. The lowest BCUT2D eigenvalue weighted by atomic mass is 9.91. The summed E-state index contributed by atoms with van der Waals surface area (Å²) in [7, 11) is 0. The summed E-state index contributed by atoms with van der Waals surface area (Å²) < 4.78 is 30.7. The molecule has 0 spiro atoms. The van der Waals surface area contributed by atoms with Crippen LogP contribution in [0.15, 0.2) is 17.1 Å². The number of nitrogens with zero attached hydrogens (tertiary/aromatic N) is 2. The molecule has 6 nitrogen and oxygen atoms in total. The van der Waals surface area contributed by atoms with Crippen LogP contribution in [0.3, 0.4) is 0 Å². The van der Waals surface area contributed by atoms with Crippen molar-refractivity contribution in [3.05, 3.63) is 39.4 Å². The molecule has 3 fully saturated rings. The van der Waals surface area contributed by atoms with Gasteiger partial charge in [-0.25, -0.2) is 13.6 Å². The van der Waals surface area contributed by atoms with Crippen LogP contribution >= 0.6 is 11.6 Å². The summed E-state index contributed by atoms with van der Waals surface area (Å²) in [6.07, 6.45) is 2.69. The zero-order valence-corrected chi connectivity index (χ0v) is 17.2. The van der Waals surface area contributed by atoms with Crippen LogP contribution in [0.1, 0.15) is 47.6 Å². The SMILES string of the molecule is Cc1c(N2C[C@]3(N)CCC[C@]3(Cl)C2)c(F)cc2c(=O)c(C(=O)O)cn(C3C[C@@H]3F)c12. The Labute approximate surface area is 176 Å². The molecule has 2 heterocycles. The Hall–Kier alpha value is -2.19. The van der Waals surface area contributed by atoms with Gasteiger partial charge in [0.15, 0.2) is 0 Å². The van der Waals surface area contributed by atoms with Crippen molar-refractivity contribution >= 4 is 34.2 Å². The Balaban J connectivity index is 1.73. The molecule has 160 valence electrons. The number of carboxylic acid groups (broad SMARTS) is 1. The number of aryl methyl sites for hydroxylation is 1. The van der Waals surface area contributed by atoms with E-state index in [9.17, 15) is 19.1 Å². The molecule has 30 heavy (non-hydrogen) atoms. The second-order valence-electron chi connectivity index (χ2n) is 8.96. The lowest BCUT2D eigenvalue weighted by Crippen LogP contribution is -2.52. The normalized spacial score (nSPS) is 32.6. The van der Waals surface area contributed by atoms with Gasteiger partial charge in [0.2, 0.25) is 5.43 Å². The van der Waals surface area contributed by atoms with E-state index in [1.165, 1.54) is 10.8 Å². The van der Waals surface area contributed by atoms with Crippen LogP contribution in [0, 0.1) is 12.7 Å². The van der Waals surface area contributed by atoms with Crippen LogP contribution in [0.2, 0.25) is 0 Å². The molecule has 5 rings (SSSR count). The highest BCUT2D eigenvalue weighted by Gasteiger charge is 2.58. The number of halogens is 3. The van der Waals surface area contributed by atoms with Gasteiger partial charge in [-0.05, 0) is 37.8 Å². The van der Waals surface area contributed by atoms with Gasteiger partial charge >= 0.3 is 5.97 Å². The minimum atomic E-state index is -1.42. The highest BCUT2D eigenvalue weighted by atomic mass is 35.5. The number of fused-ring (bicyclic) bond motifs is 2. The summed E-state index contributed by atoms with van der Waals surface area (Å²) >= 11 is 6.81. The molecule has 9 heteroatoms. The summed E-state index contributed by atoms with van der Waals surface area (Å²) in [6, 6.07) is 0.498. The van der Waals surface area contributed by atoms with Crippen LogP contribution < -0.4 is 16.1 Å². The van der Waals surface area contributed by atoms with Crippen molar-refractivity contribution in [3.8, 4) is 0 Å². The smallest absolute Gasteiger partial charge is 0.341 e. The van der Waals surface area contributed by atoms with Gasteiger partial charge < -0.3 is 20.3 Å². The number of carbonyl (C=O) groups is 1. The number of rotatable bonds is 3. The fourth-order valence-corrected chi connectivity index (χ4v) is 5.82. The first kappa shape index (κ1) is 19.8. The fourth-order valence-electron chi connectivity index (χ4n) is 5.38. The molecule has 2 saturated carbocycles. The van der Waals surface area contributed by atoms with E-state index in [0.29, 0.717) is 24.2 Å². The molecule has 0 radical (unpaired) electrons. The zero-order valence-electron chi connectivity index (χ0n) is 16.4. The predicted molar refractivity (Wildman–Crippen MR) is 110 cm³/mol. The van der Waals surface area contributed by atoms with Gasteiger partial charge in [-0.3, -0.25) is 4.79 Å². The van der Waals surface area contributed by atoms with Crippen LogP contribution in [0.25, 0.3) is 10.9 Å². The third-order valence-corrected chi connectivity index (χ3v) is 7.75. The van der Waals surface area contributed by atoms with Gasteiger partial charge in [0.1, 0.15) is 17.6 Å². The zero-order chi connectivity index (χ0) is 21.6. The van der Waals surface area contributed by atoms with Crippen molar-refractivity contribution in [2.45, 2.75) is 55.2 Å². The number of anilines is 1. The van der Waals surface area contributed by atoms with Crippen molar-refractivity contribution in [3.63, 3.8) is 0 Å². The Bertz CT molecular complexity index is 1150. The number of aromatic nitrogens is 1. The van der Waals surface area contributed by atoms with E-state index in [1.807, 2.05) is 4.90 Å². The maximum absolute atomic E-state index is 15.3. The molecule has 0 amide bonds. The molecule has 1 aromatic carbocycles. The molecule has 1 aliphatic heterocycles. The van der Waals surface area contributed by atoms with E-state index >= 15 is 4.39 Å². The van der Waals surface area contributed by atoms with E-state index in [4.69, 9.17) is 17.3 Å². The van der Waals surface area contributed by atoms with E-state index in [0.717, 1.165) is 25.3 Å². The molecule has 1 aromatic heterocycles. The third kappa shape index (κ3) is 2.56. The van der Waals surface area contributed by atoms with Crippen LogP contribution in [-0.2, 0) is 0 Å². The number of hydrogen-bond acceptors (Lipinski definition) is 4. The number of hydrogen-bond donors (Lipinski definition) is 2. The second kappa shape index (κ2) is 6.17. The standard InChI is InChI=1S/C21H22ClF2N3O3/c1-10-16-11(18(28)12(19(29)30)7-27(16)15-6-13(15)23)5-14(24)17(10)26-8-20(22)3-2-4-21(20,25)9-26/h5,7,13,15H,2-4,6,8-9,25H2,1H3,(H,29,30)/t13-,15?,20-,21+/m0/s1. The minimum Gasteiger partial charge on any atom is -0.477 e. The molecule has 0 bridgehead atoms. The van der Waals surface area contributed by atoms with Gasteiger partial charge in [0, 0.05) is 31.1 Å². The Morgan fingerprint density at radius 1 is 1.37 bits per heavy atom. The van der Waals surface area contributed by atoms with Crippen molar-refractivity contribution in [1.82, 2.24) is 4.57 Å². The third-order valence-electron chi connectivity index (χ3n) is 7.07. The first-order valence-corrected chi connectivity index (χ1v) is 10.4. The largest absolute Gasteiger partial charge is 0.477 e. The lowest BCUT2D eigenvalue weighted by Gasteiger charge is -2.29. The van der Waals surface area contributed by atoms with Gasteiger partial charge in [-0.1, -0.05) is 0 Å². The maximum Gasteiger partial charge on any atom is 0.341 e. The Kier molecular flexibility index (Phi) is 4.06. The highest BCUT2D eigenvalue weighted by Crippen LogP contribution is 2.50. The van der Waals surface area contributed by atoms with Crippen LogP contribution in [0.5, 0.6) is 0 Å². The number of aromatic carboxylic acids is 1. The quantitative estimate of drug-likeness (QED) is 0.720. The summed E-state index contributed by atoms with van der Waals surface area (Å²) in [5.41, 5.74) is 5.76.